The highest BCUT2D eigenvalue weighted by Gasteiger charge is 2.32. The van der Waals surface area contributed by atoms with Gasteiger partial charge in [-0.05, 0) is 18.6 Å². The molecule has 24 heavy (non-hydrogen) atoms. The molecule has 130 valence electrons. The van der Waals surface area contributed by atoms with Gasteiger partial charge in [0.05, 0.1) is 18.7 Å². The van der Waals surface area contributed by atoms with E-state index in [1.54, 1.807) is 0 Å². The predicted molar refractivity (Wildman–Crippen MR) is 90.5 cm³/mol. The minimum Gasteiger partial charge on any atom is -0.392 e. The zero-order valence-corrected chi connectivity index (χ0v) is 13.6. The Labute approximate surface area is 141 Å². The van der Waals surface area contributed by atoms with E-state index >= 15 is 0 Å². The molecule has 0 aliphatic carbocycles. The molecule has 3 rings (SSSR count). The first-order chi connectivity index (χ1) is 11.6. The maximum absolute atomic E-state index is 12.4. The lowest BCUT2D eigenvalue weighted by molar-refractivity contribution is -0.135. The van der Waals surface area contributed by atoms with Crippen LogP contribution in [0.1, 0.15) is 6.42 Å². The fourth-order valence-corrected chi connectivity index (χ4v) is 3.18. The number of nitrogens with zero attached hydrogens (tertiary/aromatic N) is 2. The molecule has 0 radical (unpaired) electrons. The van der Waals surface area contributed by atoms with Gasteiger partial charge in [-0.15, -0.1) is 0 Å². The van der Waals surface area contributed by atoms with Crippen LogP contribution in [0.5, 0.6) is 0 Å². The highest BCUT2D eigenvalue weighted by Crippen LogP contribution is 2.12. The van der Waals surface area contributed by atoms with Crippen LogP contribution in [0.3, 0.4) is 0 Å². The number of nitrogens with one attached hydrogen (secondary N) is 2. The summed E-state index contributed by atoms with van der Waals surface area (Å²) in [7, 11) is 0. The van der Waals surface area contributed by atoms with Crippen molar-refractivity contribution in [2.75, 3.05) is 44.6 Å². The number of anilines is 1. The average Bonchev–Trinajstić information content (AvgIpc) is 3.02. The van der Waals surface area contributed by atoms with E-state index in [2.05, 4.69) is 15.5 Å². The van der Waals surface area contributed by atoms with Gasteiger partial charge in [-0.1, -0.05) is 18.2 Å². The van der Waals surface area contributed by atoms with Crippen LogP contribution >= 0.6 is 0 Å². The highest BCUT2D eigenvalue weighted by atomic mass is 16.3. The summed E-state index contributed by atoms with van der Waals surface area (Å²) in [6.07, 6.45) is 0.0559. The summed E-state index contributed by atoms with van der Waals surface area (Å²) in [5.41, 5.74) is 0.794. The van der Waals surface area contributed by atoms with Crippen LogP contribution in [0.4, 0.5) is 5.69 Å². The van der Waals surface area contributed by atoms with Crippen LogP contribution in [-0.4, -0.2) is 78.1 Å². The Hall–Kier alpha value is -1.96. The summed E-state index contributed by atoms with van der Waals surface area (Å²) >= 11 is 0. The number of hydrogen-bond donors (Lipinski definition) is 3. The van der Waals surface area contributed by atoms with Crippen molar-refractivity contribution in [2.24, 2.45) is 0 Å². The fourth-order valence-electron chi connectivity index (χ4n) is 3.18. The number of piperazine rings is 1. The van der Waals surface area contributed by atoms with Crippen LogP contribution in [0.25, 0.3) is 0 Å². The third-order valence-corrected chi connectivity index (χ3v) is 4.51. The van der Waals surface area contributed by atoms with E-state index in [0.29, 0.717) is 45.7 Å². The predicted octanol–water partition coefficient (Wildman–Crippen LogP) is -0.508. The first-order valence-corrected chi connectivity index (χ1v) is 8.39. The summed E-state index contributed by atoms with van der Waals surface area (Å²) in [5, 5.41) is 15.5. The maximum Gasteiger partial charge on any atom is 0.239 e. The van der Waals surface area contributed by atoms with Crippen LogP contribution in [0.15, 0.2) is 30.3 Å². The molecule has 1 aromatic rings. The van der Waals surface area contributed by atoms with Crippen molar-refractivity contribution in [3.63, 3.8) is 0 Å². The number of aliphatic hydroxyl groups is 1. The molecule has 7 heteroatoms. The summed E-state index contributed by atoms with van der Waals surface area (Å²) in [4.78, 5) is 28.3. The lowest BCUT2D eigenvalue weighted by atomic mass is 10.1. The van der Waals surface area contributed by atoms with Gasteiger partial charge in [0.2, 0.25) is 11.8 Å². The summed E-state index contributed by atoms with van der Waals surface area (Å²) in [6, 6.07) is 9.12. The number of carbonyl (C=O) groups is 2. The van der Waals surface area contributed by atoms with Crippen LogP contribution < -0.4 is 10.6 Å². The first kappa shape index (κ1) is 16.9. The molecule has 2 unspecified atom stereocenters. The number of carbonyl (C=O) groups excluding carboxylic acids is 2. The van der Waals surface area contributed by atoms with Crippen molar-refractivity contribution in [2.45, 2.75) is 18.6 Å². The van der Waals surface area contributed by atoms with Crippen LogP contribution in [0.2, 0.25) is 0 Å². The number of amides is 2. The quantitative estimate of drug-likeness (QED) is 0.692. The van der Waals surface area contributed by atoms with Gasteiger partial charge in [0.25, 0.3) is 0 Å². The topological polar surface area (TPSA) is 84.9 Å². The Kier molecular flexibility index (Phi) is 5.44. The standard InChI is InChI=1S/C17H24N4O3/c22-14-10-15(18-11-14)17(24)21-8-6-20(7-9-21)12-16(23)19-13-4-2-1-3-5-13/h1-5,14-15,18,22H,6-12H2,(H,19,23). The lowest BCUT2D eigenvalue weighted by Crippen LogP contribution is -2.54. The van der Waals surface area contributed by atoms with Crippen molar-refractivity contribution in [1.29, 1.82) is 0 Å². The van der Waals surface area contributed by atoms with Gasteiger partial charge < -0.3 is 20.6 Å². The van der Waals surface area contributed by atoms with E-state index in [1.165, 1.54) is 0 Å². The monoisotopic (exact) mass is 332 g/mol. The molecule has 0 aromatic heterocycles. The van der Waals surface area contributed by atoms with E-state index in [1.807, 2.05) is 35.2 Å². The molecular formula is C17H24N4O3. The largest absolute Gasteiger partial charge is 0.392 e. The molecule has 2 aliphatic heterocycles. The number of benzene rings is 1. The normalized spacial score (nSPS) is 24.8. The molecule has 3 N–H and O–H groups in total. The third-order valence-electron chi connectivity index (χ3n) is 4.51. The fraction of sp³-hybridized carbons (Fsp3) is 0.529. The minimum atomic E-state index is -0.429. The van der Waals surface area contributed by atoms with Gasteiger partial charge >= 0.3 is 0 Å². The van der Waals surface area contributed by atoms with Gasteiger partial charge in [-0.25, -0.2) is 0 Å². The number of aliphatic hydroxyl groups excluding tert-OH is 1. The number of rotatable bonds is 4. The van der Waals surface area contributed by atoms with Crippen molar-refractivity contribution in [3.05, 3.63) is 30.3 Å². The zero-order chi connectivity index (χ0) is 16.9. The minimum absolute atomic E-state index is 0.0402. The van der Waals surface area contributed by atoms with Gasteiger partial charge in [-0.3, -0.25) is 14.5 Å². The molecule has 0 spiro atoms. The lowest BCUT2D eigenvalue weighted by Gasteiger charge is -2.35. The second-order valence-electron chi connectivity index (χ2n) is 6.37. The Morgan fingerprint density at radius 1 is 1.17 bits per heavy atom. The van der Waals surface area contributed by atoms with Crippen molar-refractivity contribution >= 4 is 17.5 Å². The molecule has 2 aliphatic rings. The van der Waals surface area contributed by atoms with Gasteiger partial charge in [-0.2, -0.15) is 0 Å². The van der Waals surface area contributed by atoms with E-state index in [9.17, 15) is 14.7 Å². The molecule has 0 saturated carbocycles. The number of β-amino-alcohol motifs (C(OH)–C–C–N with tert-alkyl or cyclic N) is 1. The Morgan fingerprint density at radius 2 is 1.88 bits per heavy atom. The molecule has 0 bridgehead atoms. The molecule has 2 fully saturated rings. The summed E-state index contributed by atoms with van der Waals surface area (Å²) in [6.45, 7) is 3.41. The van der Waals surface area contributed by atoms with E-state index < -0.39 is 6.10 Å². The SMILES string of the molecule is O=C(CN1CCN(C(=O)C2CC(O)CN2)CC1)Nc1ccccc1. The molecule has 7 nitrogen and oxygen atoms in total. The summed E-state index contributed by atoms with van der Waals surface area (Å²) < 4.78 is 0. The Bertz CT molecular complexity index is 572. The van der Waals surface area contributed by atoms with Gasteiger partial charge in [0.15, 0.2) is 0 Å². The molecule has 2 heterocycles. The molecular weight excluding hydrogens is 308 g/mol. The third kappa shape index (κ3) is 4.31. The van der Waals surface area contributed by atoms with E-state index in [-0.39, 0.29) is 17.9 Å². The van der Waals surface area contributed by atoms with Crippen molar-refractivity contribution in [1.82, 2.24) is 15.1 Å². The Balaban J connectivity index is 1.42. The summed E-state index contributed by atoms with van der Waals surface area (Å²) in [5.74, 6) is 0.0153. The zero-order valence-electron chi connectivity index (χ0n) is 13.6. The van der Waals surface area contributed by atoms with Gasteiger partial charge in [0, 0.05) is 38.4 Å². The van der Waals surface area contributed by atoms with Crippen LogP contribution in [-0.2, 0) is 9.59 Å². The molecule has 1 aromatic carbocycles. The maximum atomic E-state index is 12.4. The smallest absolute Gasteiger partial charge is 0.239 e. The average molecular weight is 332 g/mol. The molecule has 2 amide bonds. The molecule has 2 saturated heterocycles. The highest BCUT2D eigenvalue weighted by molar-refractivity contribution is 5.92. The Morgan fingerprint density at radius 3 is 2.50 bits per heavy atom. The first-order valence-electron chi connectivity index (χ1n) is 8.39. The van der Waals surface area contributed by atoms with Crippen molar-refractivity contribution < 1.29 is 14.7 Å². The van der Waals surface area contributed by atoms with Crippen LogP contribution in [0, 0.1) is 0 Å². The number of hydrogen-bond acceptors (Lipinski definition) is 5. The van der Waals surface area contributed by atoms with Gasteiger partial charge in [0.1, 0.15) is 0 Å². The number of para-hydroxylation sites is 1. The van der Waals surface area contributed by atoms with E-state index in [0.717, 1.165) is 5.69 Å². The van der Waals surface area contributed by atoms with Crippen molar-refractivity contribution in [3.8, 4) is 0 Å². The second-order valence-corrected chi connectivity index (χ2v) is 6.37. The second kappa shape index (κ2) is 7.74. The van der Waals surface area contributed by atoms with E-state index in [4.69, 9.17) is 0 Å². The molecule has 2 atom stereocenters.